The average molecular weight is 231 g/mol. The standard InChI is InChI=1S/C4H4F3N3O3S/c5-1-2-9-10-3(13-2)4(6,7)14(8,11)12/h1H2,(H2,8,11,12). The molecule has 0 saturated carbocycles. The molecule has 0 spiro atoms. The first kappa shape index (κ1) is 10.9. The predicted octanol–water partition coefficient (Wildman–Crippen LogP) is -0.123. The van der Waals surface area contributed by atoms with Crippen molar-refractivity contribution in [2.75, 3.05) is 0 Å². The van der Waals surface area contributed by atoms with Gasteiger partial charge in [-0.2, -0.15) is 8.78 Å². The summed E-state index contributed by atoms with van der Waals surface area (Å²) >= 11 is 0. The van der Waals surface area contributed by atoms with E-state index >= 15 is 0 Å². The third kappa shape index (κ3) is 1.70. The van der Waals surface area contributed by atoms with Crippen molar-refractivity contribution in [3.63, 3.8) is 0 Å². The molecule has 1 heterocycles. The van der Waals surface area contributed by atoms with Crippen molar-refractivity contribution in [2.24, 2.45) is 5.14 Å². The Bertz CT molecular complexity index is 428. The molecule has 14 heavy (non-hydrogen) atoms. The van der Waals surface area contributed by atoms with Crippen LogP contribution in [0.2, 0.25) is 0 Å². The molecule has 10 heteroatoms. The van der Waals surface area contributed by atoms with Crippen molar-refractivity contribution in [3.05, 3.63) is 11.8 Å². The first-order chi connectivity index (χ1) is 6.29. The van der Waals surface area contributed by atoms with Crippen LogP contribution in [0.25, 0.3) is 0 Å². The molecule has 0 saturated heterocycles. The summed E-state index contributed by atoms with van der Waals surface area (Å²) in [5, 5.41) is 5.17. The molecule has 0 fully saturated rings. The van der Waals surface area contributed by atoms with Crippen LogP contribution >= 0.6 is 0 Å². The van der Waals surface area contributed by atoms with Gasteiger partial charge in [0.15, 0.2) is 6.67 Å². The van der Waals surface area contributed by atoms with Crippen molar-refractivity contribution in [1.29, 1.82) is 0 Å². The Morgan fingerprint density at radius 1 is 1.43 bits per heavy atom. The van der Waals surface area contributed by atoms with E-state index in [0.29, 0.717) is 0 Å². The SMILES string of the molecule is NS(=O)(=O)C(F)(F)c1nnc(CF)o1. The number of rotatable bonds is 3. The van der Waals surface area contributed by atoms with Crippen LogP contribution in [0.5, 0.6) is 0 Å². The number of hydrogen-bond acceptors (Lipinski definition) is 5. The molecule has 1 aromatic rings. The molecule has 0 atom stereocenters. The van der Waals surface area contributed by atoms with Gasteiger partial charge < -0.3 is 4.42 Å². The maximum Gasteiger partial charge on any atom is 0.434 e. The second-order valence-electron chi connectivity index (χ2n) is 2.20. The molecular weight excluding hydrogens is 227 g/mol. The molecule has 1 rings (SSSR count). The van der Waals surface area contributed by atoms with Crippen molar-refractivity contribution in [3.8, 4) is 0 Å². The zero-order chi connectivity index (χ0) is 11.0. The van der Waals surface area contributed by atoms with Crippen LogP contribution in [0, 0.1) is 0 Å². The minimum Gasteiger partial charge on any atom is -0.416 e. The molecule has 0 radical (unpaired) electrons. The Morgan fingerprint density at radius 3 is 2.36 bits per heavy atom. The highest BCUT2D eigenvalue weighted by molar-refractivity contribution is 7.89. The Morgan fingerprint density at radius 2 is 2.00 bits per heavy atom. The molecule has 0 aromatic carbocycles. The summed E-state index contributed by atoms with van der Waals surface area (Å²) in [5.74, 6) is -2.30. The van der Waals surface area contributed by atoms with Gasteiger partial charge in [-0.25, -0.2) is 17.9 Å². The van der Waals surface area contributed by atoms with Gasteiger partial charge in [0.25, 0.3) is 10.0 Å². The lowest BCUT2D eigenvalue weighted by Gasteiger charge is -2.07. The van der Waals surface area contributed by atoms with Gasteiger partial charge >= 0.3 is 11.1 Å². The van der Waals surface area contributed by atoms with Crippen molar-refractivity contribution in [2.45, 2.75) is 11.9 Å². The minimum absolute atomic E-state index is 0.747. The first-order valence-corrected chi connectivity index (χ1v) is 4.62. The first-order valence-electron chi connectivity index (χ1n) is 3.08. The van der Waals surface area contributed by atoms with Crippen molar-refractivity contribution in [1.82, 2.24) is 10.2 Å². The van der Waals surface area contributed by atoms with Gasteiger partial charge in [0.05, 0.1) is 0 Å². The Labute approximate surface area is 76.0 Å². The fourth-order valence-electron chi connectivity index (χ4n) is 0.547. The monoisotopic (exact) mass is 231 g/mol. The molecule has 0 bridgehead atoms. The van der Waals surface area contributed by atoms with Crippen molar-refractivity contribution >= 4 is 10.0 Å². The molecule has 6 nitrogen and oxygen atoms in total. The Hall–Kier alpha value is -1.16. The third-order valence-electron chi connectivity index (χ3n) is 1.19. The number of sulfonamides is 1. The fraction of sp³-hybridized carbons (Fsp3) is 0.500. The van der Waals surface area contributed by atoms with Crippen LogP contribution in [0.15, 0.2) is 4.42 Å². The van der Waals surface area contributed by atoms with E-state index in [9.17, 15) is 21.6 Å². The second-order valence-corrected chi connectivity index (χ2v) is 3.80. The van der Waals surface area contributed by atoms with Crippen LogP contribution in [0.3, 0.4) is 0 Å². The highest BCUT2D eigenvalue weighted by Gasteiger charge is 2.50. The zero-order valence-electron chi connectivity index (χ0n) is 6.45. The largest absolute Gasteiger partial charge is 0.434 e. The van der Waals surface area contributed by atoms with Gasteiger partial charge in [0.2, 0.25) is 5.89 Å². The molecular formula is C4H4F3N3O3S. The van der Waals surface area contributed by atoms with E-state index in [1.54, 1.807) is 0 Å². The molecule has 2 N–H and O–H groups in total. The maximum absolute atomic E-state index is 12.8. The number of aromatic nitrogens is 2. The van der Waals surface area contributed by atoms with E-state index in [1.807, 2.05) is 0 Å². The van der Waals surface area contributed by atoms with Gasteiger partial charge in [0.1, 0.15) is 0 Å². The minimum atomic E-state index is -5.20. The highest BCUT2D eigenvalue weighted by atomic mass is 32.2. The quantitative estimate of drug-likeness (QED) is 0.781. The summed E-state index contributed by atoms with van der Waals surface area (Å²) in [4.78, 5) is 0. The summed E-state index contributed by atoms with van der Waals surface area (Å²) in [5.41, 5.74) is 0. The summed E-state index contributed by atoms with van der Waals surface area (Å²) in [6, 6.07) is 0. The lowest BCUT2D eigenvalue weighted by atomic mass is 10.7. The van der Waals surface area contributed by atoms with E-state index in [1.165, 1.54) is 0 Å². The van der Waals surface area contributed by atoms with E-state index in [4.69, 9.17) is 0 Å². The molecule has 1 aromatic heterocycles. The molecule has 0 unspecified atom stereocenters. The Kier molecular flexibility index (Phi) is 2.50. The molecule has 0 aliphatic heterocycles. The summed E-state index contributed by atoms with van der Waals surface area (Å²) in [6.45, 7) is -1.27. The average Bonchev–Trinajstić information content (AvgIpc) is 2.49. The van der Waals surface area contributed by atoms with Crippen molar-refractivity contribution < 1.29 is 26.0 Å². The van der Waals surface area contributed by atoms with E-state index < -0.39 is 33.7 Å². The van der Waals surface area contributed by atoms with Crippen LogP contribution in [0.1, 0.15) is 11.8 Å². The van der Waals surface area contributed by atoms with Gasteiger partial charge in [-0.05, 0) is 0 Å². The smallest absolute Gasteiger partial charge is 0.416 e. The van der Waals surface area contributed by atoms with Gasteiger partial charge in [-0.1, -0.05) is 0 Å². The number of halogens is 3. The van der Waals surface area contributed by atoms with Gasteiger partial charge in [0, 0.05) is 0 Å². The molecule has 80 valence electrons. The number of primary sulfonamides is 1. The zero-order valence-corrected chi connectivity index (χ0v) is 7.26. The summed E-state index contributed by atoms with van der Waals surface area (Å²) in [7, 11) is -5.20. The third-order valence-corrected chi connectivity index (χ3v) is 2.08. The summed E-state index contributed by atoms with van der Waals surface area (Å²) < 4.78 is 62.1. The van der Waals surface area contributed by atoms with Gasteiger partial charge in [-0.3, -0.25) is 0 Å². The number of hydrogen-bond donors (Lipinski definition) is 1. The van der Waals surface area contributed by atoms with Crippen LogP contribution in [-0.4, -0.2) is 18.6 Å². The molecule has 0 aliphatic rings. The van der Waals surface area contributed by atoms with Crippen LogP contribution in [0.4, 0.5) is 13.2 Å². The number of alkyl halides is 3. The van der Waals surface area contributed by atoms with Crippen LogP contribution < -0.4 is 5.14 Å². The molecule has 0 amide bonds. The maximum atomic E-state index is 12.8. The predicted molar refractivity (Wildman–Crippen MR) is 36.1 cm³/mol. The van der Waals surface area contributed by atoms with E-state index in [2.05, 4.69) is 19.8 Å². The number of nitrogens with two attached hydrogens (primary N) is 1. The second kappa shape index (κ2) is 3.20. The topological polar surface area (TPSA) is 99.1 Å². The van der Waals surface area contributed by atoms with E-state index in [0.717, 1.165) is 0 Å². The normalized spacial score (nSPS) is 13.1. The lowest BCUT2D eigenvalue weighted by molar-refractivity contribution is 0.0566. The summed E-state index contributed by atoms with van der Waals surface area (Å²) in [6.07, 6.45) is 0. The van der Waals surface area contributed by atoms with Crippen LogP contribution in [-0.2, 0) is 22.0 Å². The van der Waals surface area contributed by atoms with E-state index in [-0.39, 0.29) is 0 Å². The lowest BCUT2D eigenvalue weighted by Crippen LogP contribution is -2.33. The van der Waals surface area contributed by atoms with Gasteiger partial charge in [-0.15, -0.1) is 10.2 Å². The molecule has 0 aliphatic carbocycles. The fourth-order valence-corrected chi connectivity index (χ4v) is 0.873. The highest BCUT2D eigenvalue weighted by Crippen LogP contribution is 2.30. The number of nitrogens with zero attached hydrogens (tertiary/aromatic N) is 2. The Balaban J connectivity index is 3.17.